The van der Waals surface area contributed by atoms with E-state index in [1.54, 1.807) is 12.3 Å². The van der Waals surface area contributed by atoms with E-state index in [1.165, 1.54) is 18.2 Å². The third-order valence-corrected chi connectivity index (χ3v) is 6.44. The summed E-state index contributed by atoms with van der Waals surface area (Å²) in [4.78, 5) is 14.0. The molecule has 0 radical (unpaired) electrons. The van der Waals surface area contributed by atoms with Gasteiger partial charge in [0.2, 0.25) is 11.9 Å². The van der Waals surface area contributed by atoms with E-state index in [2.05, 4.69) is 37.6 Å². The number of piperidine rings is 1. The number of rotatable bonds is 6. The Bertz CT molecular complexity index is 1170. The van der Waals surface area contributed by atoms with Crippen molar-refractivity contribution in [1.29, 1.82) is 0 Å². The van der Waals surface area contributed by atoms with Crippen LogP contribution in [0.15, 0.2) is 30.5 Å². The van der Waals surface area contributed by atoms with Crippen LogP contribution >= 0.6 is 0 Å². The summed E-state index contributed by atoms with van der Waals surface area (Å²) in [7, 11) is 0. The van der Waals surface area contributed by atoms with Crippen molar-refractivity contribution < 1.29 is 22.6 Å². The molecular weight excluding hydrogens is 463 g/mol. The van der Waals surface area contributed by atoms with Crippen molar-refractivity contribution in [1.82, 2.24) is 24.8 Å². The van der Waals surface area contributed by atoms with Gasteiger partial charge in [-0.05, 0) is 57.8 Å². The first-order valence-corrected chi connectivity index (χ1v) is 11.7. The van der Waals surface area contributed by atoms with E-state index in [0.29, 0.717) is 42.0 Å². The molecule has 0 unspecified atom stereocenters. The normalized spacial score (nSPS) is 19.0. The zero-order valence-corrected chi connectivity index (χ0v) is 19.4. The zero-order chi connectivity index (χ0) is 24.5. The number of halogens is 3. The third-order valence-electron chi connectivity index (χ3n) is 6.44. The van der Waals surface area contributed by atoms with E-state index in [0.717, 1.165) is 38.8 Å². The molecule has 35 heavy (non-hydrogen) atoms. The maximum absolute atomic E-state index is 12.7. The van der Waals surface area contributed by atoms with E-state index in [4.69, 9.17) is 9.72 Å². The van der Waals surface area contributed by atoms with Crippen LogP contribution in [0.3, 0.4) is 0 Å². The molecule has 5 rings (SSSR count). The van der Waals surface area contributed by atoms with Gasteiger partial charge in [-0.3, -0.25) is 4.57 Å². The van der Waals surface area contributed by atoms with Gasteiger partial charge in [0, 0.05) is 36.5 Å². The molecule has 9 nitrogen and oxygen atoms in total. The van der Waals surface area contributed by atoms with E-state index in [1.807, 2.05) is 4.57 Å². The summed E-state index contributed by atoms with van der Waals surface area (Å²) in [6, 6.07) is 5.84. The number of ether oxygens (including phenoxy) is 2. The Morgan fingerprint density at radius 1 is 1.17 bits per heavy atom. The molecule has 2 aromatic heterocycles. The Kier molecular flexibility index (Phi) is 6.41. The fourth-order valence-corrected chi connectivity index (χ4v) is 4.57. The minimum absolute atomic E-state index is 0.125. The molecule has 3 aromatic rings. The van der Waals surface area contributed by atoms with Crippen LogP contribution in [0, 0.1) is 0 Å². The average molecular weight is 492 g/mol. The molecular formula is C23H28F3N7O2. The Hall–Kier alpha value is -3.12. The van der Waals surface area contributed by atoms with Crippen molar-refractivity contribution >= 4 is 28.7 Å². The first-order valence-electron chi connectivity index (χ1n) is 11.7. The minimum atomic E-state index is -4.76. The number of fused-ring (bicyclic) bond motifs is 1. The fraction of sp³-hybridized carbons (Fsp3) is 0.522. The second kappa shape index (κ2) is 9.50. The number of hydrogen-bond donors (Lipinski definition) is 3. The highest BCUT2D eigenvalue weighted by molar-refractivity contribution is 5.76. The van der Waals surface area contributed by atoms with Crippen LogP contribution in [-0.4, -0.2) is 57.7 Å². The van der Waals surface area contributed by atoms with Gasteiger partial charge in [0.15, 0.2) is 5.65 Å². The quantitative estimate of drug-likeness (QED) is 0.468. The number of nitrogens with zero attached hydrogens (tertiary/aromatic N) is 4. The number of aromatic nitrogens is 4. The molecule has 0 atom stereocenters. The van der Waals surface area contributed by atoms with Gasteiger partial charge in [0.1, 0.15) is 11.3 Å². The first kappa shape index (κ1) is 23.6. The largest absolute Gasteiger partial charge is 0.573 e. The highest BCUT2D eigenvalue weighted by atomic mass is 19.4. The van der Waals surface area contributed by atoms with Crippen LogP contribution < -0.4 is 20.7 Å². The molecule has 2 aliphatic heterocycles. The fourth-order valence-electron chi connectivity index (χ4n) is 4.57. The summed E-state index contributed by atoms with van der Waals surface area (Å²) >= 11 is 0. The summed E-state index contributed by atoms with van der Waals surface area (Å²) in [5.41, 5.74) is 1.55. The predicted molar refractivity (Wildman–Crippen MR) is 125 cm³/mol. The van der Waals surface area contributed by atoms with Crippen LogP contribution in [0.5, 0.6) is 5.75 Å². The van der Waals surface area contributed by atoms with Crippen LogP contribution in [0.25, 0.3) is 11.2 Å². The third kappa shape index (κ3) is 5.59. The summed E-state index contributed by atoms with van der Waals surface area (Å²) in [6.07, 6.45) is 0.370. The Labute approximate surface area is 200 Å². The lowest BCUT2D eigenvalue weighted by Gasteiger charge is -2.34. The number of hydrogen-bond acceptors (Lipinski definition) is 8. The molecule has 0 spiro atoms. The molecule has 2 aliphatic rings. The molecule has 2 fully saturated rings. The van der Waals surface area contributed by atoms with Crippen molar-refractivity contribution in [2.24, 2.45) is 0 Å². The standard InChI is InChI=1S/C23H28F3N7O2/c1-22(7-11-34-12-8-22)32-20-28-14-18-19(31-20)33(16-5-9-27-10-6-16)21(30-18)29-15-3-2-4-17(13-15)35-23(24,25)26/h2-4,13-14,16,27H,5-12H2,1H3,(H,29,30)(H,28,31,32). The first-order chi connectivity index (χ1) is 16.8. The van der Waals surface area contributed by atoms with Crippen LogP contribution in [0.4, 0.5) is 30.8 Å². The maximum Gasteiger partial charge on any atom is 0.573 e. The van der Waals surface area contributed by atoms with Gasteiger partial charge in [0.25, 0.3) is 0 Å². The molecule has 0 aliphatic carbocycles. The lowest BCUT2D eigenvalue weighted by molar-refractivity contribution is -0.274. The Balaban J connectivity index is 1.49. The molecule has 2 saturated heterocycles. The van der Waals surface area contributed by atoms with Gasteiger partial charge in [0.05, 0.1) is 6.20 Å². The number of alkyl halides is 3. The second-order valence-corrected chi connectivity index (χ2v) is 9.19. The Morgan fingerprint density at radius 2 is 1.94 bits per heavy atom. The highest BCUT2D eigenvalue weighted by Crippen LogP contribution is 2.33. The monoisotopic (exact) mass is 491 g/mol. The maximum atomic E-state index is 12.7. The summed E-state index contributed by atoms with van der Waals surface area (Å²) in [5.74, 6) is 0.715. The molecule has 0 amide bonds. The number of imidazole rings is 1. The lowest BCUT2D eigenvalue weighted by atomic mass is 9.93. The van der Waals surface area contributed by atoms with Gasteiger partial charge in [-0.1, -0.05) is 6.07 Å². The zero-order valence-electron chi connectivity index (χ0n) is 19.4. The van der Waals surface area contributed by atoms with Gasteiger partial charge in [-0.2, -0.15) is 4.98 Å². The molecule has 0 saturated carbocycles. The topological polar surface area (TPSA) is 98.2 Å². The SMILES string of the molecule is CC1(Nc2ncc3nc(Nc4cccc(OC(F)(F)F)c4)n(C4CCNCC4)c3n2)CCOCC1. The van der Waals surface area contributed by atoms with Crippen molar-refractivity contribution in [3.8, 4) is 5.75 Å². The second-order valence-electron chi connectivity index (χ2n) is 9.19. The van der Waals surface area contributed by atoms with E-state index < -0.39 is 6.36 Å². The molecule has 4 heterocycles. The Morgan fingerprint density at radius 3 is 2.69 bits per heavy atom. The van der Waals surface area contributed by atoms with E-state index >= 15 is 0 Å². The van der Waals surface area contributed by atoms with Crippen LogP contribution in [-0.2, 0) is 4.74 Å². The van der Waals surface area contributed by atoms with Crippen molar-refractivity contribution in [2.45, 2.75) is 50.6 Å². The van der Waals surface area contributed by atoms with Crippen LogP contribution in [0.2, 0.25) is 0 Å². The van der Waals surface area contributed by atoms with Gasteiger partial charge in [-0.15, -0.1) is 13.2 Å². The van der Waals surface area contributed by atoms with Crippen molar-refractivity contribution in [3.05, 3.63) is 30.5 Å². The number of nitrogens with one attached hydrogen (secondary N) is 3. The average Bonchev–Trinajstić information content (AvgIpc) is 3.16. The van der Waals surface area contributed by atoms with Crippen LogP contribution in [0.1, 0.15) is 38.6 Å². The minimum Gasteiger partial charge on any atom is -0.406 e. The lowest BCUT2D eigenvalue weighted by Crippen LogP contribution is -2.41. The highest BCUT2D eigenvalue weighted by Gasteiger charge is 2.31. The van der Waals surface area contributed by atoms with Crippen molar-refractivity contribution in [2.75, 3.05) is 36.9 Å². The molecule has 188 valence electrons. The van der Waals surface area contributed by atoms with Crippen molar-refractivity contribution in [3.63, 3.8) is 0 Å². The van der Waals surface area contributed by atoms with Gasteiger partial charge < -0.3 is 25.4 Å². The number of anilines is 3. The van der Waals surface area contributed by atoms with Gasteiger partial charge in [-0.25, -0.2) is 9.97 Å². The predicted octanol–water partition coefficient (Wildman–Crippen LogP) is 4.37. The number of benzene rings is 1. The summed E-state index contributed by atoms with van der Waals surface area (Å²) < 4.78 is 49.6. The van der Waals surface area contributed by atoms with E-state index in [9.17, 15) is 13.2 Å². The molecule has 12 heteroatoms. The molecule has 3 N–H and O–H groups in total. The smallest absolute Gasteiger partial charge is 0.406 e. The summed E-state index contributed by atoms with van der Waals surface area (Å²) in [5, 5.41) is 10.0. The van der Waals surface area contributed by atoms with E-state index in [-0.39, 0.29) is 17.3 Å². The van der Waals surface area contributed by atoms with Gasteiger partial charge >= 0.3 is 6.36 Å². The molecule has 1 aromatic carbocycles. The summed E-state index contributed by atoms with van der Waals surface area (Å²) in [6.45, 7) is 5.21. The molecule has 0 bridgehead atoms.